The van der Waals surface area contributed by atoms with Crippen LogP contribution in [0.1, 0.15) is 43.5 Å². The third-order valence-electron chi connectivity index (χ3n) is 3.25. The highest BCUT2D eigenvalue weighted by molar-refractivity contribution is 6.05. The fourth-order valence-corrected chi connectivity index (χ4v) is 2.41. The number of Topliss-reactive ketones (excluding diaryl/α,β-unsaturated/α-hetero) is 1. The Labute approximate surface area is 118 Å². The van der Waals surface area contributed by atoms with Gasteiger partial charge in [0, 0.05) is 29.8 Å². The molecule has 3 N–H and O–H groups in total. The number of hydrogen-bond donors (Lipinski definition) is 2. The van der Waals surface area contributed by atoms with Crippen molar-refractivity contribution in [2.75, 3.05) is 5.73 Å². The van der Waals surface area contributed by atoms with E-state index in [2.05, 4.69) is 10.5 Å². The van der Waals surface area contributed by atoms with Gasteiger partial charge in [-0.15, -0.1) is 0 Å². The quantitative estimate of drug-likeness (QED) is 0.639. The summed E-state index contributed by atoms with van der Waals surface area (Å²) >= 11 is 0. The lowest BCUT2D eigenvalue weighted by molar-refractivity contribution is -0.120. The first-order valence-electron chi connectivity index (χ1n) is 6.59. The molecular weight excluding hydrogens is 254 g/mol. The minimum atomic E-state index is -0.298. The molecule has 1 aromatic rings. The van der Waals surface area contributed by atoms with E-state index < -0.39 is 0 Å². The molecule has 1 fully saturated rings. The number of carbonyl (C=O) groups is 2. The Morgan fingerprint density at radius 3 is 2.50 bits per heavy atom. The van der Waals surface area contributed by atoms with Crippen LogP contribution in [0.2, 0.25) is 0 Å². The first-order chi connectivity index (χ1) is 9.35. The lowest BCUT2D eigenvalue weighted by Crippen LogP contribution is -2.31. The van der Waals surface area contributed by atoms with Crippen molar-refractivity contribution in [2.24, 2.45) is 10.5 Å². The highest BCUT2D eigenvalue weighted by Crippen LogP contribution is 2.31. The zero-order valence-corrected chi connectivity index (χ0v) is 11.8. The van der Waals surface area contributed by atoms with E-state index in [0.717, 1.165) is 12.1 Å². The normalized spacial score (nSPS) is 19.9. The van der Waals surface area contributed by atoms with E-state index in [4.69, 9.17) is 5.73 Å². The number of carbonyl (C=O) groups excluding carboxylic acids is 2. The Morgan fingerprint density at radius 2 is 1.90 bits per heavy atom. The van der Waals surface area contributed by atoms with Crippen LogP contribution in [-0.2, 0) is 4.79 Å². The van der Waals surface area contributed by atoms with E-state index >= 15 is 0 Å². The minimum Gasteiger partial charge on any atom is -0.399 e. The van der Waals surface area contributed by atoms with Gasteiger partial charge in [-0.05, 0) is 36.1 Å². The first kappa shape index (κ1) is 14.2. The van der Waals surface area contributed by atoms with Gasteiger partial charge in [0.25, 0.3) is 5.91 Å². The molecule has 106 valence electrons. The minimum absolute atomic E-state index is 0.0832. The van der Waals surface area contributed by atoms with Gasteiger partial charge in [0.05, 0.1) is 0 Å². The van der Waals surface area contributed by atoms with Gasteiger partial charge >= 0.3 is 0 Å². The average molecular weight is 273 g/mol. The molecule has 0 aromatic heterocycles. The molecule has 0 heterocycles. The highest BCUT2D eigenvalue weighted by atomic mass is 16.2. The molecule has 0 saturated heterocycles. The number of anilines is 1. The largest absolute Gasteiger partial charge is 0.399 e. The van der Waals surface area contributed by atoms with E-state index in [1.54, 1.807) is 24.3 Å². The average Bonchev–Trinajstić information content (AvgIpc) is 2.34. The predicted molar refractivity (Wildman–Crippen MR) is 78.4 cm³/mol. The number of benzene rings is 1. The molecule has 5 nitrogen and oxygen atoms in total. The summed E-state index contributed by atoms with van der Waals surface area (Å²) in [5, 5.41) is 4.09. The molecule has 0 atom stereocenters. The maximum absolute atomic E-state index is 11.9. The van der Waals surface area contributed by atoms with Gasteiger partial charge in [0.1, 0.15) is 5.78 Å². The summed E-state index contributed by atoms with van der Waals surface area (Å²) in [5.74, 6) is -0.130. The van der Waals surface area contributed by atoms with Crippen LogP contribution in [-0.4, -0.2) is 17.4 Å². The van der Waals surface area contributed by atoms with Crippen LogP contribution in [0, 0.1) is 5.41 Å². The fraction of sp³-hybridized carbons (Fsp3) is 0.400. The summed E-state index contributed by atoms with van der Waals surface area (Å²) in [6.45, 7) is 4.06. The Morgan fingerprint density at radius 1 is 1.25 bits per heavy atom. The zero-order chi connectivity index (χ0) is 14.8. The number of nitrogens with two attached hydrogens (primary N) is 1. The van der Waals surface area contributed by atoms with Crippen molar-refractivity contribution < 1.29 is 9.59 Å². The van der Waals surface area contributed by atoms with Crippen LogP contribution in [0.15, 0.2) is 29.4 Å². The van der Waals surface area contributed by atoms with E-state index in [9.17, 15) is 9.59 Å². The van der Waals surface area contributed by atoms with Gasteiger partial charge in [-0.1, -0.05) is 13.8 Å². The third kappa shape index (κ3) is 3.66. The first-order valence-corrected chi connectivity index (χ1v) is 6.59. The van der Waals surface area contributed by atoms with Crippen molar-refractivity contribution in [3.8, 4) is 0 Å². The number of hydrazone groups is 1. The fourth-order valence-electron chi connectivity index (χ4n) is 2.41. The monoisotopic (exact) mass is 273 g/mol. The molecule has 0 unspecified atom stereocenters. The van der Waals surface area contributed by atoms with E-state index in [0.29, 0.717) is 24.1 Å². The van der Waals surface area contributed by atoms with Gasteiger partial charge < -0.3 is 5.73 Å². The van der Waals surface area contributed by atoms with E-state index in [-0.39, 0.29) is 17.1 Å². The van der Waals surface area contributed by atoms with Crippen LogP contribution in [0.4, 0.5) is 5.69 Å². The number of ketones is 1. The predicted octanol–water partition coefficient (Wildman–Crippen LogP) is 2.13. The summed E-state index contributed by atoms with van der Waals surface area (Å²) in [6, 6.07) is 6.60. The molecule has 2 rings (SSSR count). The van der Waals surface area contributed by atoms with Crippen molar-refractivity contribution in [1.82, 2.24) is 5.43 Å². The standard InChI is InChI=1S/C15H19N3O2/c1-15(2)8-12(7-13(19)9-15)17-18-14(20)10-3-5-11(16)6-4-10/h3-6H,7-9,16H2,1-2H3,(H,18,20)/b17-12-. The SMILES string of the molecule is CC1(C)CC(=O)C/C(=N/NC(=O)c2ccc(N)cc2)C1. The number of nitrogen functional groups attached to an aromatic ring is 1. The molecule has 1 saturated carbocycles. The number of hydrogen-bond acceptors (Lipinski definition) is 4. The molecule has 0 radical (unpaired) electrons. The second-order valence-corrected chi connectivity index (χ2v) is 5.97. The molecule has 0 aliphatic heterocycles. The van der Waals surface area contributed by atoms with Crippen LogP contribution in [0.25, 0.3) is 0 Å². The molecule has 1 aromatic carbocycles. The van der Waals surface area contributed by atoms with Gasteiger partial charge in [0.2, 0.25) is 0 Å². The summed E-state index contributed by atoms with van der Waals surface area (Å²) in [7, 11) is 0. The van der Waals surface area contributed by atoms with Crippen LogP contribution in [0.3, 0.4) is 0 Å². The molecule has 1 amide bonds. The Hall–Kier alpha value is -2.17. The maximum atomic E-state index is 11.9. The van der Waals surface area contributed by atoms with Gasteiger partial charge in [-0.25, -0.2) is 5.43 Å². The highest BCUT2D eigenvalue weighted by Gasteiger charge is 2.30. The molecule has 0 spiro atoms. The summed E-state index contributed by atoms with van der Waals surface area (Å²) < 4.78 is 0. The summed E-state index contributed by atoms with van der Waals surface area (Å²) in [6.07, 6.45) is 1.62. The maximum Gasteiger partial charge on any atom is 0.271 e. The van der Waals surface area contributed by atoms with E-state index in [1.165, 1.54) is 0 Å². The van der Waals surface area contributed by atoms with Gasteiger partial charge in [-0.2, -0.15) is 5.10 Å². The Kier molecular flexibility index (Phi) is 3.88. The Bertz CT molecular complexity index is 559. The zero-order valence-electron chi connectivity index (χ0n) is 11.8. The van der Waals surface area contributed by atoms with Crippen molar-refractivity contribution in [3.63, 3.8) is 0 Å². The van der Waals surface area contributed by atoms with Crippen LogP contribution in [0.5, 0.6) is 0 Å². The molecule has 1 aliphatic rings. The number of amides is 1. The molecular formula is C15H19N3O2. The summed E-state index contributed by atoms with van der Waals surface area (Å²) in [5.41, 5.74) is 9.81. The van der Waals surface area contributed by atoms with E-state index in [1.807, 2.05) is 13.8 Å². The van der Waals surface area contributed by atoms with Crippen molar-refractivity contribution in [2.45, 2.75) is 33.1 Å². The number of nitrogens with zero attached hydrogens (tertiary/aromatic N) is 1. The molecule has 1 aliphatic carbocycles. The third-order valence-corrected chi connectivity index (χ3v) is 3.25. The molecule has 0 bridgehead atoms. The second-order valence-electron chi connectivity index (χ2n) is 5.97. The smallest absolute Gasteiger partial charge is 0.271 e. The second kappa shape index (κ2) is 5.45. The van der Waals surface area contributed by atoms with Gasteiger partial charge in [0.15, 0.2) is 0 Å². The van der Waals surface area contributed by atoms with Crippen molar-refractivity contribution in [1.29, 1.82) is 0 Å². The van der Waals surface area contributed by atoms with Crippen molar-refractivity contribution in [3.05, 3.63) is 29.8 Å². The van der Waals surface area contributed by atoms with Crippen LogP contribution >= 0.6 is 0 Å². The lowest BCUT2D eigenvalue weighted by atomic mass is 9.76. The topological polar surface area (TPSA) is 84.5 Å². The molecule has 5 heteroatoms. The number of rotatable bonds is 2. The van der Waals surface area contributed by atoms with Crippen molar-refractivity contribution >= 4 is 23.1 Å². The Balaban J connectivity index is 2.03. The summed E-state index contributed by atoms with van der Waals surface area (Å²) in [4.78, 5) is 23.5. The number of nitrogens with one attached hydrogen (secondary N) is 1. The molecule has 20 heavy (non-hydrogen) atoms. The lowest BCUT2D eigenvalue weighted by Gasteiger charge is -2.28. The van der Waals surface area contributed by atoms with Gasteiger partial charge in [-0.3, -0.25) is 9.59 Å². The van der Waals surface area contributed by atoms with Crippen LogP contribution < -0.4 is 11.2 Å².